The Morgan fingerprint density at radius 3 is 2.23 bits per heavy atom. The Morgan fingerprint density at radius 2 is 1.61 bits per heavy atom. The Balaban J connectivity index is 0.00000341. The van der Waals surface area contributed by atoms with E-state index in [1.165, 1.54) is 30.4 Å². The fourth-order valence-electron chi connectivity index (χ4n) is 4.63. The molecule has 1 aliphatic rings. The summed E-state index contributed by atoms with van der Waals surface area (Å²) in [5.74, 6) is 0.0332. The third-order valence-corrected chi connectivity index (χ3v) is 6.60. The van der Waals surface area contributed by atoms with Crippen LogP contribution < -0.4 is 0 Å². The van der Waals surface area contributed by atoms with E-state index < -0.39 is 5.60 Å². The first kappa shape index (κ1) is 25.9. The van der Waals surface area contributed by atoms with E-state index in [2.05, 4.69) is 73.3 Å². The molecule has 3 rings (SSSR count). The van der Waals surface area contributed by atoms with Crippen LogP contribution in [0.2, 0.25) is 0 Å². The molecule has 0 spiro atoms. The van der Waals surface area contributed by atoms with Crippen LogP contribution in [-0.4, -0.2) is 42.9 Å². The Labute approximate surface area is 195 Å². The monoisotopic (exact) mass is 445 g/mol. The first-order valence-electron chi connectivity index (χ1n) is 11.8. The van der Waals surface area contributed by atoms with Gasteiger partial charge >= 0.3 is 0 Å². The van der Waals surface area contributed by atoms with Crippen molar-refractivity contribution in [3.05, 3.63) is 71.3 Å². The summed E-state index contributed by atoms with van der Waals surface area (Å²) in [6.07, 6.45) is 6.47. The van der Waals surface area contributed by atoms with Crippen molar-refractivity contribution in [2.24, 2.45) is 0 Å². The van der Waals surface area contributed by atoms with Gasteiger partial charge in [-0.25, -0.2) is 0 Å². The van der Waals surface area contributed by atoms with Crippen molar-refractivity contribution in [1.29, 1.82) is 0 Å². The van der Waals surface area contributed by atoms with E-state index in [-0.39, 0.29) is 18.3 Å². The Bertz CT molecular complexity index is 731. The van der Waals surface area contributed by atoms with Crippen molar-refractivity contribution in [1.82, 2.24) is 4.90 Å². The third-order valence-electron chi connectivity index (χ3n) is 6.60. The van der Waals surface area contributed by atoms with Crippen LogP contribution in [0, 0.1) is 0 Å². The number of nitrogens with zero attached hydrogens (tertiary/aromatic N) is 1. The van der Waals surface area contributed by atoms with Crippen LogP contribution in [0.4, 0.5) is 0 Å². The van der Waals surface area contributed by atoms with Gasteiger partial charge in [0.1, 0.15) is 0 Å². The zero-order valence-electron chi connectivity index (χ0n) is 19.3. The molecule has 0 saturated carbocycles. The molecule has 0 aliphatic carbocycles. The summed E-state index contributed by atoms with van der Waals surface area (Å²) in [6, 6.07) is 19.3. The minimum atomic E-state index is -0.875. The quantitative estimate of drug-likeness (QED) is 0.434. The lowest BCUT2D eigenvalue weighted by atomic mass is 9.73. The Morgan fingerprint density at radius 1 is 0.935 bits per heavy atom. The summed E-state index contributed by atoms with van der Waals surface area (Å²) in [4.78, 5) is 2.46. The molecule has 2 aromatic rings. The summed E-state index contributed by atoms with van der Waals surface area (Å²) in [7, 11) is 0. The molecule has 1 saturated heterocycles. The Hall–Kier alpha value is -1.39. The zero-order valence-corrected chi connectivity index (χ0v) is 20.1. The largest absolute Gasteiger partial charge is 0.384 e. The maximum atomic E-state index is 12.3. The highest BCUT2D eigenvalue weighted by Gasteiger charge is 2.40. The first-order chi connectivity index (χ1) is 14.7. The second kappa shape index (κ2) is 13.2. The van der Waals surface area contributed by atoms with Crippen LogP contribution >= 0.6 is 12.4 Å². The highest BCUT2D eigenvalue weighted by atomic mass is 35.5. The maximum Gasteiger partial charge on any atom is 0.0977 e. The fraction of sp³-hybridized carbons (Fsp3) is 0.556. The average molecular weight is 446 g/mol. The van der Waals surface area contributed by atoms with Crippen molar-refractivity contribution in [3.8, 4) is 0 Å². The van der Waals surface area contributed by atoms with Gasteiger partial charge in [-0.1, -0.05) is 94.1 Å². The second-order valence-electron chi connectivity index (χ2n) is 8.66. The number of morpholine rings is 1. The molecule has 1 heterocycles. The number of aliphatic hydroxyl groups is 1. The van der Waals surface area contributed by atoms with E-state index in [4.69, 9.17) is 4.74 Å². The van der Waals surface area contributed by atoms with Crippen molar-refractivity contribution >= 4 is 12.4 Å². The first-order valence-corrected chi connectivity index (χ1v) is 11.8. The standard InChI is InChI=1S/C27H39NO2.ClH/c1-3-5-6-10-17-27(29,25-15-13-23(4-2)14-16-25)26(24-11-8-7-9-12-24)22-28-18-20-30-21-19-28;/h7-9,11-16,26,29H,3-6,10,17-22H2,1-2H3;1H. The fourth-order valence-corrected chi connectivity index (χ4v) is 4.63. The number of benzene rings is 2. The van der Waals surface area contributed by atoms with Crippen LogP contribution in [-0.2, 0) is 16.8 Å². The molecule has 3 nitrogen and oxygen atoms in total. The number of ether oxygens (including phenoxy) is 1. The van der Waals surface area contributed by atoms with Crippen molar-refractivity contribution < 1.29 is 9.84 Å². The number of rotatable bonds is 11. The molecule has 4 heteroatoms. The second-order valence-corrected chi connectivity index (χ2v) is 8.66. The van der Waals surface area contributed by atoms with Gasteiger partial charge in [0.25, 0.3) is 0 Å². The van der Waals surface area contributed by atoms with Crippen LogP contribution in [0.5, 0.6) is 0 Å². The molecule has 31 heavy (non-hydrogen) atoms. The number of hydrogen-bond acceptors (Lipinski definition) is 3. The van der Waals surface area contributed by atoms with Gasteiger partial charge in [-0.2, -0.15) is 0 Å². The molecule has 0 bridgehead atoms. The molecule has 1 N–H and O–H groups in total. The molecule has 2 atom stereocenters. The summed E-state index contributed by atoms with van der Waals surface area (Å²) < 4.78 is 5.57. The van der Waals surface area contributed by atoms with Gasteiger partial charge in [0.2, 0.25) is 0 Å². The molecule has 0 amide bonds. The molecular weight excluding hydrogens is 406 g/mol. The lowest BCUT2D eigenvalue weighted by Gasteiger charge is -2.41. The van der Waals surface area contributed by atoms with Gasteiger partial charge in [-0.05, 0) is 29.5 Å². The van der Waals surface area contributed by atoms with Gasteiger partial charge in [-0.3, -0.25) is 4.90 Å². The minimum Gasteiger partial charge on any atom is -0.384 e. The van der Waals surface area contributed by atoms with Crippen LogP contribution in [0.1, 0.15) is 68.6 Å². The van der Waals surface area contributed by atoms with Crippen LogP contribution in [0.3, 0.4) is 0 Å². The van der Waals surface area contributed by atoms with E-state index >= 15 is 0 Å². The lowest BCUT2D eigenvalue weighted by molar-refractivity contribution is -0.0296. The molecule has 172 valence electrons. The highest BCUT2D eigenvalue weighted by Crippen LogP contribution is 2.42. The number of hydrogen-bond donors (Lipinski definition) is 1. The SMILES string of the molecule is CCCCCCC(O)(c1ccc(CC)cc1)C(CN1CCOCC1)c1ccccc1.Cl. The zero-order chi connectivity index (χ0) is 21.2. The van der Waals surface area contributed by atoms with E-state index in [9.17, 15) is 5.11 Å². The third kappa shape index (κ3) is 7.05. The number of aryl methyl sites for hydroxylation is 1. The predicted molar refractivity (Wildman–Crippen MR) is 132 cm³/mol. The van der Waals surface area contributed by atoms with Crippen LogP contribution in [0.25, 0.3) is 0 Å². The summed E-state index contributed by atoms with van der Waals surface area (Å²) in [5.41, 5.74) is 2.72. The number of unbranched alkanes of at least 4 members (excludes halogenated alkanes) is 3. The molecule has 1 aliphatic heterocycles. The van der Waals surface area contributed by atoms with Gasteiger partial charge in [0, 0.05) is 25.6 Å². The highest BCUT2D eigenvalue weighted by molar-refractivity contribution is 5.85. The lowest BCUT2D eigenvalue weighted by Crippen LogP contribution is -2.45. The van der Waals surface area contributed by atoms with E-state index in [1.807, 2.05) is 0 Å². The van der Waals surface area contributed by atoms with E-state index in [0.717, 1.165) is 57.7 Å². The summed E-state index contributed by atoms with van der Waals surface area (Å²) in [6.45, 7) is 8.70. The molecule has 1 fully saturated rings. The molecule has 0 aromatic heterocycles. The van der Waals surface area contributed by atoms with E-state index in [0.29, 0.717) is 0 Å². The number of halogens is 1. The predicted octanol–water partition coefficient (Wildman–Crippen LogP) is 5.94. The van der Waals surface area contributed by atoms with Crippen molar-refractivity contribution in [2.45, 2.75) is 63.9 Å². The molecule has 0 radical (unpaired) electrons. The minimum absolute atomic E-state index is 0. The average Bonchev–Trinajstić information content (AvgIpc) is 2.81. The Kier molecular flexibility index (Phi) is 11.0. The smallest absolute Gasteiger partial charge is 0.0977 e. The van der Waals surface area contributed by atoms with Gasteiger partial charge in [0.05, 0.1) is 18.8 Å². The summed E-state index contributed by atoms with van der Waals surface area (Å²) in [5, 5.41) is 12.3. The maximum absolute atomic E-state index is 12.3. The van der Waals surface area contributed by atoms with Crippen LogP contribution in [0.15, 0.2) is 54.6 Å². The molecular formula is C27H40ClNO2. The summed E-state index contributed by atoms with van der Waals surface area (Å²) >= 11 is 0. The van der Waals surface area contributed by atoms with Crippen molar-refractivity contribution in [3.63, 3.8) is 0 Å². The van der Waals surface area contributed by atoms with E-state index in [1.54, 1.807) is 0 Å². The molecule has 2 aromatic carbocycles. The topological polar surface area (TPSA) is 32.7 Å². The van der Waals surface area contributed by atoms with Gasteiger partial charge in [0.15, 0.2) is 0 Å². The van der Waals surface area contributed by atoms with Crippen molar-refractivity contribution in [2.75, 3.05) is 32.8 Å². The van der Waals surface area contributed by atoms with Gasteiger partial charge < -0.3 is 9.84 Å². The molecule has 2 unspecified atom stereocenters. The normalized spacial score (nSPS) is 17.5. The van der Waals surface area contributed by atoms with Gasteiger partial charge in [-0.15, -0.1) is 12.4 Å².